The van der Waals surface area contributed by atoms with E-state index in [0.29, 0.717) is 6.20 Å². The molecule has 0 saturated heterocycles. The second kappa shape index (κ2) is 5.13. The number of aliphatic carboxylic acids is 1. The van der Waals surface area contributed by atoms with E-state index in [2.05, 4.69) is 4.98 Å². The van der Waals surface area contributed by atoms with Crippen molar-refractivity contribution in [2.75, 3.05) is 0 Å². The third-order valence-electron chi connectivity index (χ3n) is 2.05. The van der Waals surface area contributed by atoms with E-state index >= 15 is 0 Å². The fraction of sp³-hybridized carbons (Fsp3) is 0.222. The van der Waals surface area contributed by atoms with Gasteiger partial charge in [-0.1, -0.05) is 0 Å². The predicted molar refractivity (Wildman–Crippen MR) is 51.9 cm³/mol. The van der Waals surface area contributed by atoms with Crippen LogP contribution in [-0.4, -0.2) is 21.0 Å². The van der Waals surface area contributed by atoms with Crippen LogP contribution in [0.1, 0.15) is 23.1 Å². The molecule has 0 fully saturated rings. The van der Waals surface area contributed by atoms with E-state index in [9.17, 15) is 23.7 Å². The zero-order chi connectivity index (χ0) is 13.9. The molecule has 1 aromatic heterocycles. The summed E-state index contributed by atoms with van der Waals surface area (Å²) in [6.07, 6.45) is -3.49. The van der Waals surface area contributed by atoms with Crippen LogP contribution in [0.2, 0.25) is 0 Å². The lowest BCUT2D eigenvalue weighted by atomic mass is 10.0. The number of hydrogen-bond acceptors (Lipinski definition) is 5. The summed E-state index contributed by atoms with van der Waals surface area (Å²) in [5.41, 5.74) is -2.12. The fourth-order valence-electron chi connectivity index (χ4n) is 1.37. The third-order valence-corrected chi connectivity index (χ3v) is 2.05. The normalized spacial score (nSPS) is 10.1. The molecule has 0 amide bonds. The summed E-state index contributed by atoms with van der Waals surface area (Å²) in [4.78, 5) is 23.1. The second-order valence-corrected chi connectivity index (χ2v) is 3.13. The van der Waals surface area contributed by atoms with Crippen molar-refractivity contribution in [2.24, 2.45) is 0 Å². The molecular formula is C9H5F2N3O4. The van der Waals surface area contributed by atoms with Crippen LogP contribution in [0, 0.1) is 21.4 Å². The van der Waals surface area contributed by atoms with Crippen LogP contribution in [0.5, 0.6) is 0 Å². The molecule has 94 valence electrons. The Morgan fingerprint density at radius 3 is 2.67 bits per heavy atom. The molecule has 0 bridgehead atoms. The summed E-state index contributed by atoms with van der Waals surface area (Å²) in [5, 5.41) is 27.8. The molecule has 1 N–H and O–H groups in total. The highest BCUT2D eigenvalue weighted by molar-refractivity contribution is 5.72. The third kappa shape index (κ3) is 2.54. The Morgan fingerprint density at radius 1 is 1.67 bits per heavy atom. The van der Waals surface area contributed by atoms with Gasteiger partial charge in [-0.2, -0.15) is 5.26 Å². The Morgan fingerprint density at radius 2 is 2.28 bits per heavy atom. The molecule has 0 aromatic carbocycles. The first kappa shape index (κ1) is 13.4. The summed E-state index contributed by atoms with van der Waals surface area (Å²) in [5.74, 6) is -2.62. The lowest BCUT2D eigenvalue weighted by Crippen LogP contribution is -2.10. The average molecular weight is 257 g/mol. The first-order valence-corrected chi connectivity index (χ1v) is 4.44. The van der Waals surface area contributed by atoms with Crippen molar-refractivity contribution < 1.29 is 23.6 Å². The van der Waals surface area contributed by atoms with Crippen LogP contribution in [0.15, 0.2) is 6.20 Å². The second-order valence-electron chi connectivity index (χ2n) is 3.13. The Bertz CT molecular complexity index is 553. The molecule has 1 rings (SSSR count). The maximum Gasteiger partial charge on any atom is 0.372 e. The van der Waals surface area contributed by atoms with Crippen molar-refractivity contribution in [3.05, 3.63) is 33.0 Å². The van der Waals surface area contributed by atoms with Crippen molar-refractivity contribution in [2.45, 2.75) is 12.8 Å². The SMILES string of the molecule is N#Cc1cnc([N+](=O)[O-])c(C(F)F)c1CC(=O)O. The number of nitriles is 1. The van der Waals surface area contributed by atoms with E-state index in [4.69, 9.17) is 10.4 Å². The van der Waals surface area contributed by atoms with E-state index in [-0.39, 0.29) is 0 Å². The molecule has 0 aliphatic rings. The predicted octanol–water partition coefficient (Wildman–Crippen LogP) is 1.43. The molecule has 9 heteroatoms. The van der Waals surface area contributed by atoms with Crippen molar-refractivity contribution >= 4 is 11.8 Å². The lowest BCUT2D eigenvalue weighted by molar-refractivity contribution is -0.391. The van der Waals surface area contributed by atoms with Crippen LogP contribution in [0.3, 0.4) is 0 Å². The van der Waals surface area contributed by atoms with Crippen LogP contribution in [-0.2, 0) is 11.2 Å². The lowest BCUT2D eigenvalue weighted by Gasteiger charge is -2.07. The van der Waals surface area contributed by atoms with Crippen LogP contribution < -0.4 is 0 Å². The number of nitrogens with zero attached hydrogens (tertiary/aromatic N) is 3. The molecule has 0 spiro atoms. The van der Waals surface area contributed by atoms with Gasteiger partial charge in [-0.3, -0.25) is 4.79 Å². The summed E-state index contributed by atoms with van der Waals surface area (Å²) in [7, 11) is 0. The number of pyridine rings is 1. The van der Waals surface area contributed by atoms with Crippen LogP contribution >= 0.6 is 0 Å². The first-order chi connectivity index (χ1) is 8.38. The zero-order valence-corrected chi connectivity index (χ0v) is 8.63. The number of carboxylic acid groups (broad SMARTS) is 1. The summed E-state index contributed by atoms with van der Waals surface area (Å²) >= 11 is 0. The molecule has 7 nitrogen and oxygen atoms in total. The van der Waals surface area contributed by atoms with Crippen molar-refractivity contribution in [1.82, 2.24) is 4.98 Å². The summed E-state index contributed by atoms with van der Waals surface area (Å²) in [6, 6.07) is 1.48. The van der Waals surface area contributed by atoms with E-state index in [1.165, 1.54) is 6.07 Å². The quantitative estimate of drug-likeness (QED) is 0.643. The number of carbonyl (C=O) groups is 1. The van der Waals surface area contributed by atoms with Gasteiger partial charge in [-0.05, 0) is 9.91 Å². The van der Waals surface area contributed by atoms with Gasteiger partial charge in [0.1, 0.15) is 17.2 Å². The van der Waals surface area contributed by atoms with Gasteiger partial charge in [-0.15, -0.1) is 0 Å². The van der Waals surface area contributed by atoms with E-state index < -0.39 is 46.2 Å². The number of aromatic nitrogens is 1. The summed E-state index contributed by atoms with van der Waals surface area (Å²) in [6.45, 7) is 0. The largest absolute Gasteiger partial charge is 0.481 e. The minimum Gasteiger partial charge on any atom is -0.481 e. The van der Waals surface area contributed by atoms with E-state index in [1.807, 2.05) is 0 Å². The maximum absolute atomic E-state index is 12.8. The molecule has 0 unspecified atom stereocenters. The van der Waals surface area contributed by atoms with Gasteiger partial charge < -0.3 is 15.2 Å². The number of carboxylic acids is 1. The van der Waals surface area contributed by atoms with Gasteiger partial charge in [0.2, 0.25) is 0 Å². The van der Waals surface area contributed by atoms with Crippen molar-refractivity contribution in [3.8, 4) is 6.07 Å². The average Bonchev–Trinajstić information content (AvgIpc) is 2.26. The van der Waals surface area contributed by atoms with Gasteiger partial charge >= 0.3 is 11.8 Å². The fourth-order valence-corrected chi connectivity index (χ4v) is 1.37. The van der Waals surface area contributed by atoms with Crippen LogP contribution in [0.25, 0.3) is 0 Å². The minimum atomic E-state index is -3.29. The molecular weight excluding hydrogens is 252 g/mol. The minimum absolute atomic E-state index is 0.418. The topological polar surface area (TPSA) is 117 Å². The molecule has 0 atom stereocenters. The van der Waals surface area contributed by atoms with Crippen LogP contribution in [0.4, 0.5) is 14.6 Å². The molecule has 1 aromatic rings. The van der Waals surface area contributed by atoms with Gasteiger partial charge in [0.15, 0.2) is 6.20 Å². The molecule has 0 radical (unpaired) electrons. The smallest absolute Gasteiger partial charge is 0.372 e. The van der Waals surface area contributed by atoms with Crippen molar-refractivity contribution in [1.29, 1.82) is 5.26 Å². The number of halogens is 2. The Balaban J connectivity index is 3.59. The number of nitro groups is 1. The number of hydrogen-bond donors (Lipinski definition) is 1. The monoisotopic (exact) mass is 257 g/mol. The summed E-state index contributed by atoms with van der Waals surface area (Å²) < 4.78 is 25.5. The number of alkyl halides is 2. The molecule has 0 aliphatic heterocycles. The van der Waals surface area contributed by atoms with Gasteiger partial charge in [-0.25, -0.2) is 8.78 Å². The van der Waals surface area contributed by atoms with Crippen molar-refractivity contribution in [3.63, 3.8) is 0 Å². The zero-order valence-electron chi connectivity index (χ0n) is 8.63. The highest BCUT2D eigenvalue weighted by Crippen LogP contribution is 2.32. The highest BCUT2D eigenvalue weighted by Gasteiger charge is 2.30. The van der Waals surface area contributed by atoms with Gasteiger partial charge in [0, 0.05) is 5.56 Å². The molecule has 18 heavy (non-hydrogen) atoms. The Kier molecular flexibility index (Phi) is 3.83. The van der Waals surface area contributed by atoms with Gasteiger partial charge in [0.05, 0.1) is 6.42 Å². The number of rotatable bonds is 4. The highest BCUT2D eigenvalue weighted by atomic mass is 19.3. The Hall–Kier alpha value is -2.63. The van der Waals surface area contributed by atoms with E-state index in [0.717, 1.165) is 0 Å². The van der Waals surface area contributed by atoms with E-state index in [1.54, 1.807) is 0 Å². The standard InChI is InChI=1S/C9H5F2N3O4/c10-8(11)7-5(1-6(15)16)4(2-12)3-13-9(7)14(17)18/h3,8H,1H2,(H,15,16). The molecule has 0 aliphatic carbocycles. The molecule has 0 saturated carbocycles. The maximum atomic E-state index is 12.8. The first-order valence-electron chi connectivity index (χ1n) is 4.44. The Labute approximate surface area is 98.4 Å². The van der Waals surface area contributed by atoms with Gasteiger partial charge in [0.25, 0.3) is 6.43 Å². The molecule has 1 heterocycles.